The number of rotatable bonds is 7. The minimum atomic E-state index is -1.58. The largest absolute Gasteiger partial charge is 0.394 e. The summed E-state index contributed by atoms with van der Waals surface area (Å²) in [5.41, 5.74) is 1.08. The van der Waals surface area contributed by atoms with Crippen LogP contribution in [0.3, 0.4) is 0 Å². The van der Waals surface area contributed by atoms with Gasteiger partial charge >= 0.3 is 0 Å². The van der Waals surface area contributed by atoms with Gasteiger partial charge in [0, 0.05) is 6.42 Å². The second-order valence-electron chi connectivity index (χ2n) is 5.44. The van der Waals surface area contributed by atoms with Crippen molar-refractivity contribution in [2.24, 2.45) is 0 Å². The van der Waals surface area contributed by atoms with Crippen molar-refractivity contribution in [3.63, 3.8) is 0 Å². The Balaban J connectivity index is 1.91. The molecule has 1 atom stereocenters. The number of carbonyl (C=O) groups excluding carboxylic acids is 1. The second-order valence-corrected chi connectivity index (χ2v) is 5.44. The first-order chi connectivity index (χ1) is 11.5. The summed E-state index contributed by atoms with van der Waals surface area (Å²) in [5, 5.41) is 11.8. The van der Waals surface area contributed by atoms with E-state index in [4.69, 9.17) is 0 Å². The van der Waals surface area contributed by atoms with Crippen molar-refractivity contribution in [3.8, 4) is 0 Å². The van der Waals surface area contributed by atoms with Crippen LogP contribution in [0.1, 0.15) is 30.0 Å². The van der Waals surface area contributed by atoms with Gasteiger partial charge in [0.15, 0.2) is 17.5 Å². The molecule has 1 amide bonds. The molecular weight excluding hydrogens is 319 g/mol. The van der Waals surface area contributed by atoms with E-state index in [-0.39, 0.29) is 17.9 Å². The van der Waals surface area contributed by atoms with Crippen molar-refractivity contribution in [2.75, 3.05) is 6.61 Å². The molecule has 0 aromatic heterocycles. The van der Waals surface area contributed by atoms with E-state index in [2.05, 4.69) is 5.32 Å². The van der Waals surface area contributed by atoms with E-state index in [1.165, 1.54) is 0 Å². The van der Waals surface area contributed by atoms with Crippen LogP contribution < -0.4 is 5.32 Å². The van der Waals surface area contributed by atoms with E-state index in [1.54, 1.807) is 0 Å². The number of hydrogen-bond donors (Lipinski definition) is 2. The van der Waals surface area contributed by atoms with E-state index in [0.29, 0.717) is 6.42 Å². The fraction of sp³-hybridized carbons (Fsp3) is 0.278. The van der Waals surface area contributed by atoms with Gasteiger partial charge < -0.3 is 10.4 Å². The van der Waals surface area contributed by atoms with Gasteiger partial charge in [0.05, 0.1) is 12.6 Å². The number of hydrogen-bond acceptors (Lipinski definition) is 2. The van der Waals surface area contributed by atoms with Crippen LogP contribution in [0.15, 0.2) is 42.5 Å². The lowest BCUT2D eigenvalue weighted by molar-refractivity contribution is -0.122. The summed E-state index contributed by atoms with van der Waals surface area (Å²) >= 11 is 0. The molecular formula is C18H18F3NO2. The normalized spacial score (nSPS) is 12.0. The molecule has 24 heavy (non-hydrogen) atoms. The molecule has 128 valence electrons. The number of halogens is 3. The number of aryl methyl sites for hydroxylation is 1. The van der Waals surface area contributed by atoms with Gasteiger partial charge in [-0.1, -0.05) is 30.3 Å². The third-order valence-electron chi connectivity index (χ3n) is 3.64. The average Bonchev–Trinajstić information content (AvgIpc) is 2.58. The lowest BCUT2D eigenvalue weighted by Crippen LogP contribution is -2.31. The first-order valence-corrected chi connectivity index (χ1v) is 7.60. The van der Waals surface area contributed by atoms with Gasteiger partial charge in [-0.2, -0.15) is 0 Å². The highest BCUT2D eigenvalue weighted by molar-refractivity contribution is 5.76. The molecule has 2 aromatic rings. The Morgan fingerprint density at radius 2 is 1.71 bits per heavy atom. The van der Waals surface area contributed by atoms with Crippen LogP contribution in [-0.4, -0.2) is 17.6 Å². The summed E-state index contributed by atoms with van der Waals surface area (Å²) in [4.78, 5) is 11.9. The Bertz CT molecular complexity index is 669. The smallest absolute Gasteiger partial charge is 0.220 e. The van der Waals surface area contributed by atoms with Crippen molar-refractivity contribution in [1.82, 2.24) is 5.32 Å². The molecule has 0 saturated heterocycles. The maximum atomic E-state index is 13.3. The zero-order valence-electron chi connectivity index (χ0n) is 12.9. The molecule has 0 saturated carbocycles. The van der Waals surface area contributed by atoms with Crippen LogP contribution in [0, 0.1) is 17.5 Å². The number of amides is 1. The van der Waals surface area contributed by atoms with E-state index in [9.17, 15) is 23.1 Å². The Hall–Kier alpha value is -2.34. The van der Waals surface area contributed by atoms with Gasteiger partial charge in [-0.25, -0.2) is 13.2 Å². The molecule has 6 heteroatoms. The number of carbonyl (C=O) groups is 1. The van der Waals surface area contributed by atoms with Gasteiger partial charge in [0.1, 0.15) is 0 Å². The molecule has 0 aliphatic carbocycles. The topological polar surface area (TPSA) is 49.3 Å². The quantitative estimate of drug-likeness (QED) is 0.762. The van der Waals surface area contributed by atoms with Gasteiger partial charge in [-0.15, -0.1) is 0 Å². The van der Waals surface area contributed by atoms with Crippen LogP contribution in [0.2, 0.25) is 0 Å². The van der Waals surface area contributed by atoms with Gasteiger partial charge in [0.25, 0.3) is 0 Å². The van der Waals surface area contributed by atoms with Crippen molar-refractivity contribution >= 4 is 5.91 Å². The summed E-state index contributed by atoms with van der Waals surface area (Å²) in [5.74, 6) is -4.65. The molecule has 0 bridgehead atoms. The monoisotopic (exact) mass is 337 g/mol. The highest BCUT2D eigenvalue weighted by Crippen LogP contribution is 2.19. The number of aliphatic hydroxyl groups excluding tert-OH is 1. The van der Waals surface area contributed by atoms with E-state index < -0.39 is 30.1 Å². The molecule has 1 unspecified atom stereocenters. The predicted molar refractivity (Wildman–Crippen MR) is 83.7 cm³/mol. The molecule has 0 aliphatic heterocycles. The molecule has 0 radical (unpaired) electrons. The third-order valence-corrected chi connectivity index (χ3v) is 3.64. The van der Waals surface area contributed by atoms with Crippen molar-refractivity contribution < 1.29 is 23.1 Å². The maximum absolute atomic E-state index is 13.3. The zero-order valence-corrected chi connectivity index (χ0v) is 12.9. The van der Waals surface area contributed by atoms with Gasteiger partial charge in [-0.05, 0) is 36.1 Å². The average molecular weight is 337 g/mol. The highest BCUT2D eigenvalue weighted by Gasteiger charge is 2.18. The van der Waals surface area contributed by atoms with Crippen molar-refractivity contribution in [3.05, 3.63) is 71.0 Å². The summed E-state index contributed by atoms with van der Waals surface area (Å²) in [7, 11) is 0. The predicted octanol–water partition coefficient (Wildman–Crippen LogP) is 3.28. The summed E-state index contributed by atoms with van der Waals surface area (Å²) in [6.07, 6.45) is 1.52. The number of aliphatic hydroxyl groups is 1. The van der Waals surface area contributed by atoms with Gasteiger partial charge in [-0.3, -0.25) is 4.79 Å². The van der Waals surface area contributed by atoms with Crippen LogP contribution in [0.5, 0.6) is 0 Å². The van der Waals surface area contributed by atoms with Crippen LogP contribution >= 0.6 is 0 Å². The minimum Gasteiger partial charge on any atom is -0.394 e. The fourth-order valence-electron chi connectivity index (χ4n) is 2.37. The van der Waals surface area contributed by atoms with Crippen molar-refractivity contribution in [1.29, 1.82) is 0 Å². The Kier molecular flexibility index (Phi) is 6.37. The number of nitrogens with one attached hydrogen (secondary N) is 1. The Morgan fingerprint density at radius 1 is 1.08 bits per heavy atom. The molecule has 0 aliphatic rings. The fourth-order valence-corrected chi connectivity index (χ4v) is 2.37. The highest BCUT2D eigenvalue weighted by atomic mass is 19.2. The maximum Gasteiger partial charge on any atom is 0.220 e. The molecule has 2 rings (SSSR count). The lowest BCUT2D eigenvalue weighted by Gasteiger charge is -2.17. The van der Waals surface area contributed by atoms with E-state index in [0.717, 1.165) is 24.1 Å². The lowest BCUT2D eigenvalue weighted by atomic mass is 10.1. The zero-order chi connectivity index (χ0) is 17.5. The number of benzene rings is 2. The summed E-state index contributed by atoms with van der Waals surface area (Å²) < 4.78 is 39.5. The van der Waals surface area contributed by atoms with E-state index >= 15 is 0 Å². The summed E-state index contributed by atoms with van der Waals surface area (Å²) in [6.45, 7) is -0.547. The Morgan fingerprint density at radius 3 is 2.29 bits per heavy atom. The molecule has 2 N–H and O–H groups in total. The summed E-state index contributed by atoms with van der Waals surface area (Å²) in [6, 6.07) is 10.2. The Labute approximate surface area is 138 Å². The standard InChI is InChI=1S/C18H18F3NO2/c19-14-9-13(10-15(20)18(14)21)16(11-23)22-17(24)8-4-7-12-5-2-1-3-6-12/h1-3,5-6,9-10,16,23H,4,7-8,11H2,(H,22,24). The van der Waals surface area contributed by atoms with Crippen molar-refractivity contribution in [2.45, 2.75) is 25.3 Å². The third kappa shape index (κ3) is 4.83. The molecule has 0 fully saturated rings. The second kappa shape index (κ2) is 8.49. The van der Waals surface area contributed by atoms with E-state index in [1.807, 2.05) is 30.3 Å². The SMILES string of the molecule is O=C(CCCc1ccccc1)NC(CO)c1cc(F)c(F)c(F)c1. The van der Waals surface area contributed by atoms with Crippen LogP contribution in [0.25, 0.3) is 0 Å². The molecule has 3 nitrogen and oxygen atoms in total. The first-order valence-electron chi connectivity index (χ1n) is 7.60. The van der Waals surface area contributed by atoms with Crippen LogP contribution in [0.4, 0.5) is 13.2 Å². The molecule has 0 spiro atoms. The minimum absolute atomic E-state index is 0.0229. The first kappa shape index (κ1) is 18.0. The van der Waals surface area contributed by atoms with Crippen LogP contribution in [-0.2, 0) is 11.2 Å². The molecule has 2 aromatic carbocycles. The molecule has 0 heterocycles. The van der Waals surface area contributed by atoms with Gasteiger partial charge in [0.2, 0.25) is 5.91 Å².